The molecule has 0 unspecified atom stereocenters. The number of urea groups is 1. The van der Waals surface area contributed by atoms with E-state index in [0.717, 1.165) is 38.2 Å². The molecule has 2 fully saturated rings. The molecule has 0 radical (unpaired) electrons. The van der Waals surface area contributed by atoms with Crippen LogP contribution in [0, 0.1) is 5.92 Å². The molecule has 2 saturated heterocycles. The van der Waals surface area contributed by atoms with Crippen LogP contribution in [0.3, 0.4) is 0 Å². The number of pyridine rings is 1. The van der Waals surface area contributed by atoms with Gasteiger partial charge in [-0.25, -0.2) is 4.79 Å². The lowest BCUT2D eigenvalue weighted by Gasteiger charge is -2.42. The monoisotopic (exact) mass is 434 g/mol. The van der Waals surface area contributed by atoms with Gasteiger partial charge in [0.1, 0.15) is 5.54 Å². The van der Waals surface area contributed by atoms with Gasteiger partial charge < -0.3 is 9.80 Å². The fraction of sp³-hybridized carbons (Fsp3) is 0.500. The first kappa shape index (κ1) is 22.5. The van der Waals surface area contributed by atoms with Crippen molar-refractivity contribution >= 4 is 11.9 Å². The molecule has 0 bridgehead atoms. The normalized spacial score (nSPS) is 19.7. The summed E-state index contributed by atoms with van der Waals surface area (Å²) in [5.74, 6) is 0.587. The molecule has 1 aromatic carbocycles. The third-order valence-corrected chi connectivity index (χ3v) is 7.08. The van der Waals surface area contributed by atoms with Crippen LogP contribution in [0.25, 0.3) is 0 Å². The molecule has 1 aromatic heterocycles. The van der Waals surface area contributed by atoms with Gasteiger partial charge in [-0.2, -0.15) is 0 Å². The fourth-order valence-corrected chi connectivity index (χ4v) is 4.93. The summed E-state index contributed by atoms with van der Waals surface area (Å²) < 4.78 is 0. The minimum absolute atomic E-state index is 0.0515. The van der Waals surface area contributed by atoms with Crippen LogP contribution < -0.4 is 0 Å². The van der Waals surface area contributed by atoms with Crippen molar-refractivity contribution in [2.45, 2.75) is 51.6 Å². The number of hydrogen-bond acceptors (Lipinski definition) is 4. The van der Waals surface area contributed by atoms with Crippen molar-refractivity contribution in [3.8, 4) is 0 Å². The van der Waals surface area contributed by atoms with Crippen LogP contribution in [0.2, 0.25) is 0 Å². The predicted molar refractivity (Wildman–Crippen MR) is 125 cm³/mol. The van der Waals surface area contributed by atoms with Crippen molar-refractivity contribution in [3.05, 3.63) is 66.0 Å². The highest BCUT2D eigenvalue weighted by Crippen LogP contribution is 2.38. The van der Waals surface area contributed by atoms with E-state index in [2.05, 4.69) is 35.9 Å². The molecule has 2 aliphatic heterocycles. The lowest BCUT2D eigenvalue weighted by atomic mass is 9.85. The third-order valence-electron chi connectivity index (χ3n) is 7.08. The van der Waals surface area contributed by atoms with Crippen molar-refractivity contribution in [3.63, 3.8) is 0 Å². The van der Waals surface area contributed by atoms with Crippen molar-refractivity contribution in [2.24, 2.45) is 5.92 Å². The van der Waals surface area contributed by atoms with Crippen LogP contribution >= 0.6 is 0 Å². The predicted octanol–water partition coefficient (Wildman–Crippen LogP) is 3.97. The smallest absolute Gasteiger partial charge is 0.309 e. The first-order chi connectivity index (χ1) is 15.5. The van der Waals surface area contributed by atoms with E-state index in [-0.39, 0.29) is 18.5 Å². The maximum Gasteiger partial charge on any atom is 0.328 e. The molecule has 6 heteroatoms. The number of hydrogen-bond donors (Lipinski definition) is 0. The average molecular weight is 435 g/mol. The van der Waals surface area contributed by atoms with E-state index in [1.165, 1.54) is 10.5 Å². The zero-order chi connectivity index (χ0) is 22.6. The number of imide groups is 1. The lowest BCUT2D eigenvalue weighted by molar-refractivity contribution is -0.136. The molecule has 2 aliphatic rings. The zero-order valence-electron chi connectivity index (χ0n) is 19.2. The number of likely N-dealkylation sites (tertiary alicyclic amines) is 1. The minimum atomic E-state index is -0.730. The summed E-state index contributed by atoms with van der Waals surface area (Å²) in [5.41, 5.74) is 1.19. The van der Waals surface area contributed by atoms with E-state index >= 15 is 0 Å². The Morgan fingerprint density at radius 3 is 2.41 bits per heavy atom. The molecule has 0 N–H and O–H groups in total. The Kier molecular flexibility index (Phi) is 6.89. The molecule has 6 nitrogen and oxygen atoms in total. The lowest BCUT2D eigenvalue weighted by Crippen LogP contribution is -2.57. The summed E-state index contributed by atoms with van der Waals surface area (Å²) >= 11 is 0. The van der Waals surface area contributed by atoms with Gasteiger partial charge >= 0.3 is 6.03 Å². The van der Waals surface area contributed by atoms with Gasteiger partial charge in [0.2, 0.25) is 0 Å². The number of amides is 3. The molecular weight excluding hydrogens is 400 g/mol. The van der Waals surface area contributed by atoms with Crippen LogP contribution in [0.5, 0.6) is 0 Å². The topological polar surface area (TPSA) is 56.8 Å². The van der Waals surface area contributed by atoms with Gasteiger partial charge in [0.25, 0.3) is 5.91 Å². The largest absolute Gasteiger partial charge is 0.328 e. The first-order valence-electron chi connectivity index (χ1n) is 11.8. The number of benzene rings is 1. The molecule has 1 spiro atoms. The van der Waals surface area contributed by atoms with E-state index < -0.39 is 5.54 Å². The number of aromatic nitrogens is 1. The number of piperidine rings is 1. The maximum atomic E-state index is 13.7. The SMILES string of the molecule is CC[C@@H](C)CN1CCC2(CC1)C(=O)N(Cc1ccccn1)C(=O)N2CCc1ccccc1. The maximum absolute atomic E-state index is 13.7. The third kappa shape index (κ3) is 4.56. The minimum Gasteiger partial charge on any atom is -0.309 e. The van der Waals surface area contributed by atoms with Crippen molar-refractivity contribution in [1.82, 2.24) is 19.7 Å². The average Bonchev–Trinajstić information content (AvgIpc) is 3.01. The van der Waals surface area contributed by atoms with E-state index in [1.54, 1.807) is 6.20 Å². The molecule has 32 heavy (non-hydrogen) atoms. The number of rotatable bonds is 8. The van der Waals surface area contributed by atoms with Crippen molar-refractivity contribution < 1.29 is 9.59 Å². The molecule has 3 heterocycles. The van der Waals surface area contributed by atoms with Crippen LogP contribution in [0.4, 0.5) is 4.79 Å². The molecular formula is C26H34N4O2. The van der Waals surface area contributed by atoms with Gasteiger partial charge in [0, 0.05) is 32.4 Å². The second-order valence-electron chi connectivity index (χ2n) is 9.23. The summed E-state index contributed by atoms with van der Waals surface area (Å²) in [6.07, 6.45) is 5.00. The summed E-state index contributed by atoms with van der Waals surface area (Å²) in [7, 11) is 0. The summed E-state index contributed by atoms with van der Waals surface area (Å²) in [4.78, 5) is 37.3. The van der Waals surface area contributed by atoms with Crippen LogP contribution in [0.15, 0.2) is 54.7 Å². The quantitative estimate of drug-likeness (QED) is 0.590. The molecule has 170 valence electrons. The highest BCUT2D eigenvalue weighted by molar-refractivity contribution is 6.07. The van der Waals surface area contributed by atoms with Gasteiger partial charge in [-0.15, -0.1) is 0 Å². The molecule has 0 aliphatic carbocycles. The second-order valence-corrected chi connectivity index (χ2v) is 9.23. The van der Waals surface area contributed by atoms with Crippen molar-refractivity contribution in [2.75, 3.05) is 26.2 Å². The molecule has 2 aromatic rings. The van der Waals surface area contributed by atoms with E-state index in [0.29, 0.717) is 25.3 Å². The van der Waals surface area contributed by atoms with Gasteiger partial charge in [-0.1, -0.05) is 56.7 Å². The molecule has 3 amide bonds. The van der Waals surface area contributed by atoms with Gasteiger partial charge in [-0.3, -0.25) is 14.7 Å². The fourth-order valence-electron chi connectivity index (χ4n) is 4.93. The Bertz CT molecular complexity index is 910. The molecule has 4 rings (SSSR count). The Hall–Kier alpha value is -2.73. The van der Waals surface area contributed by atoms with Crippen molar-refractivity contribution in [1.29, 1.82) is 0 Å². The van der Waals surface area contributed by atoms with Crippen LogP contribution in [0.1, 0.15) is 44.4 Å². The van der Waals surface area contributed by atoms with Crippen LogP contribution in [-0.2, 0) is 17.8 Å². The number of nitrogens with zero attached hydrogens (tertiary/aromatic N) is 4. The Morgan fingerprint density at radius 2 is 1.75 bits per heavy atom. The Labute approximate surface area is 191 Å². The summed E-state index contributed by atoms with van der Waals surface area (Å²) in [6.45, 7) is 8.03. The number of carbonyl (C=O) groups is 2. The summed E-state index contributed by atoms with van der Waals surface area (Å²) in [5, 5.41) is 0. The van der Waals surface area contributed by atoms with Crippen LogP contribution in [-0.4, -0.2) is 63.3 Å². The summed E-state index contributed by atoms with van der Waals surface area (Å²) in [6, 6.07) is 15.6. The Balaban J connectivity index is 1.54. The standard InChI is InChI=1S/C26H34N4O2/c1-3-21(2)19-28-17-13-26(14-18-28)24(31)29(20-23-11-7-8-15-27-23)25(32)30(26)16-12-22-9-5-4-6-10-22/h4-11,15,21H,3,12-14,16-20H2,1-2H3/t21-/m1/s1. The number of carbonyl (C=O) groups excluding carboxylic acids is 2. The Morgan fingerprint density at radius 1 is 1.03 bits per heavy atom. The molecule has 1 atom stereocenters. The zero-order valence-corrected chi connectivity index (χ0v) is 19.2. The highest BCUT2D eigenvalue weighted by Gasteiger charge is 2.57. The van der Waals surface area contributed by atoms with Gasteiger partial charge in [-0.05, 0) is 42.9 Å². The second kappa shape index (κ2) is 9.82. The molecule has 0 saturated carbocycles. The van der Waals surface area contributed by atoms with E-state index in [4.69, 9.17) is 0 Å². The van der Waals surface area contributed by atoms with Gasteiger partial charge in [0.15, 0.2) is 0 Å². The van der Waals surface area contributed by atoms with E-state index in [1.807, 2.05) is 41.3 Å². The van der Waals surface area contributed by atoms with Gasteiger partial charge in [0.05, 0.1) is 12.2 Å². The first-order valence-corrected chi connectivity index (χ1v) is 11.8. The van der Waals surface area contributed by atoms with E-state index in [9.17, 15) is 9.59 Å². The highest BCUT2D eigenvalue weighted by atomic mass is 16.2.